The topological polar surface area (TPSA) is 146 Å². The van der Waals surface area contributed by atoms with Crippen LogP contribution in [0.1, 0.15) is 26.0 Å². The van der Waals surface area contributed by atoms with Crippen molar-refractivity contribution in [1.82, 2.24) is 28.7 Å². The Labute approximate surface area is 221 Å². The van der Waals surface area contributed by atoms with Crippen molar-refractivity contribution in [3.05, 3.63) is 34.2 Å². The fourth-order valence-corrected chi connectivity index (χ4v) is 6.27. The van der Waals surface area contributed by atoms with Crippen LogP contribution in [-0.4, -0.2) is 91.6 Å². The molecule has 2 aromatic heterocycles. The first kappa shape index (κ1) is 28.0. The van der Waals surface area contributed by atoms with E-state index in [0.29, 0.717) is 44.7 Å². The van der Waals surface area contributed by atoms with Gasteiger partial charge in [0.15, 0.2) is 11.3 Å². The van der Waals surface area contributed by atoms with Crippen LogP contribution in [0.4, 0.5) is 0 Å². The molecule has 0 bridgehead atoms. The molecule has 3 heterocycles. The number of benzene rings is 1. The average Bonchev–Trinajstić information content (AvgIpc) is 3.17. The minimum Gasteiger partial charge on any atom is -0.493 e. The number of hydrogen-bond acceptors (Lipinski definition) is 10. The summed E-state index contributed by atoms with van der Waals surface area (Å²) in [6, 6.07) is 4.23. The van der Waals surface area contributed by atoms with E-state index in [1.807, 2.05) is 18.9 Å². The van der Waals surface area contributed by atoms with E-state index in [1.165, 1.54) is 27.2 Å². The van der Waals surface area contributed by atoms with E-state index >= 15 is 0 Å². The standard InChI is InChI=1S/C23H32N6O7S2/c1-6-8-18-20-21(27(4)25-18)23(30)24-22(29(20)36-37(5,31)32)17-15-16(9-10-19(17)35-7-2)38(33,34)28-13-11-26(3)12-14-28/h9-10,15H,6-8,11-14H2,1-5H3. The van der Waals surface area contributed by atoms with Gasteiger partial charge >= 0.3 is 10.1 Å². The zero-order valence-corrected chi connectivity index (χ0v) is 23.7. The third-order valence-corrected chi connectivity index (χ3v) is 8.50. The maximum absolute atomic E-state index is 13.5. The highest BCUT2D eigenvalue weighted by atomic mass is 32.2. The first-order chi connectivity index (χ1) is 17.9. The highest BCUT2D eigenvalue weighted by molar-refractivity contribution is 7.89. The number of hydrogen-bond donors (Lipinski definition) is 0. The van der Waals surface area contributed by atoms with Crippen LogP contribution in [0.3, 0.4) is 0 Å². The van der Waals surface area contributed by atoms with Gasteiger partial charge in [0.25, 0.3) is 5.56 Å². The molecule has 0 spiro atoms. The molecule has 0 unspecified atom stereocenters. The van der Waals surface area contributed by atoms with Gasteiger partial charge < -0.3 is 9.64 Å². The highest BCUT2D eigenvalue weighted by Crippen LogP contribution is 2.34. The van der Waals surface area contributed by atoms with E-state index in [4.69, 9.17) is 9.02 Å². The third-order valence-electron chi connectivity index (χ3n) is 6.19. The Morgan fingerprint density at radius 2 is 1.68 bits per heavy atom. The summed E-state index contributed by atoms with van der Waals surface area (Å²) in [4.78, 5) is 19.3. The van der Waals surface area contributed by atoms with Crippen molar-refractivity contribution in [3.63, 3.8) is 0 Å². The molecular formula is C23H32N6O7S2. The number of likely N-dealkylation sites (N-methyl/N-ethyl adjacent to an activating group) is 1. The lowest BCUT2D eigenvalue weighted by molar-refractivity contribution is 0.222. The van der Waals surface area contributed by atoms with Crippen LogP contribution in [0, 0.1) is 0 Å². The molecule has 0 amide bonds. The number of fused-ring (bicyclic) bond motifs is 1. The Balaban J connectivity index is 2.02. The van der Waals surface area contributed by atoms with Gasteiger partial charge in [-0.05, 0) is 38.6 Å². The first-order valence-corrected chi connectivity index (χ1v) is 15.5. The zero-order chi connectivity index (χ0) is 27.8. The van der Waals surface area contributed by atoms with Gasteiger partial charge in [-0.3, -0.25) is 13.8 Å². The predicted octanol–water partition coefficient (Wildman–Crippen LogP) is 0.473. The molecule has 13 nitrogen and oxygen atoms in total. The Morgan fingerprint density at radius 1 is 1.00 bits per heavy atom. The molecule has 0 aliphatic carbocycles. The van der Waals surface area contributed by atoms with Gasteiger partial charge in [-0.15, -0.1) is 4.73 Å². The minimum absolute atomic E-state index is 0.0410. The maximum Gasteiger partial charge on any atom is 0.324 e. The molecule has 15 heteroatoms. The van der Waals surface area contributed by atoms with Gasteiger partial charge in [-0.1, -0.05) is 13.3 Å². The second-order valence-electron chi connectivity index (χ2n) is 9.13. The summed E-state index contributed by atoms with van der Waals surface area (Å²) in [5, 5.41) is 4.39. The molecule has 208 valence electrons. The monoisotopic (exact) mass is 568 g/mol. The van der Waals surface area contributed by atoms with E-state index in [1.54, 1.807) is 14.0 Å². The molecule has 0 N–H and O–H groups in total. The van der Waals surface area contributed by atoms with E-state index in [2.05, 4.69) is 10.1 Å². The molecule has 38 heavy (non-hydrogen) atoms. The molecule has 0 saturated carbocycles. The van der Waals surface area contributed by atoms with Gasteiger partial charge in [-0.2, -0.15) is 22.8 Å². The molecule has 0 radical (unpaired) electrons. The predicted molar refractivity (Wildman–Crippen MR) is 141 cm³/mol. The van der Waals surface area contributed by atoms with Crippen LogP contribution in [-0.2, 0) is 33.6 Å². The summed E-state index contributed by atoms with van der Waals surface area (Å²) < 4.78 is 66.5. The second kappa shape index (κ2) is 10.6. The fourth-order valence-electron chi connectivity index (χ4n) is 4.41. The van der Waals surface area contributed by atoms with E-state index in [0.717, 1.165) is 11.0 Å². The summed E-state index contributed by atoms with van der Waals surface area (Å²) >= 11 is 0. The smallest absolute Gasteiger partial charge is 0.324 e. The Kier molecular flexibility index (Phi) is 7.84. The zero-order valence-electron chi connectivity index (χ0n) is 22.0. The summed E-state index contributed by atoms with van der Waals surface area (Å²) in [6.07, 6.45) is 1.97. The molecule has 1 fully saturated rings. The van der Waals surface area contributed by atoms with Gasteiger partial charge in [0, 0.05) is 33.2 Å². The number of nitrogens with zero attached hydrogens (tertiary/aromatic N) is 6. The van der Waals surface area contributed by atoms with Gasteiger partial charge in [0.1, 0.15) is 11.3 Å². The first-order valence-electron chi connectivity index (χ1n) is 12.2. The van der Waals surface area contributed by atoms with Crippen molar-refractivity contribution >= 4 is 31.2 Å². The summed E-state index contributed by atoms with van der Waals surface area (Å²) in [5.41, 5.74) is 0.0598. The Hall–Kier alpha value is -3.01. The quantitative estimate of drug-likeness (QED) is 0.357. The lowest BCUT2D eigenvalue weighted by Crippen LogP contribution is -2.47. The number of piperazine rings is 1. The third kappa shape index (κ3) is 5.41. The highest BCUT2D eigenvalue weighted by Gasteiger charge is 2.30. The molecule has 3 aromatic rings. The van der Waals surface area contributed by atoms with Gasteiger partial charge in [0.2, 0.25) is 10.0 Å². The van der Waals surface area contributed by atoms with Crippen LogP contribution < -0.4 is 14.6 Å². The normalized spacial score (nSPS) is 15.7. The lowest BCUT2D eigenvalue weighted by Gasteiger charge is -2.31. The number of ether oxygens (including phenoxy) is 1. The number of aromatic nitrogens is 4. The molecule has 1 saturated heterocycles. The van der Waals surface area contributed by atoms with Crippen LogP contribution in [0.15, 0.2) is 27.9 Å². The van der Waals surface area contributed by atoms with Crippen molar-refractivity contribution in [1.29, 1.82) is 0 Å². The van der Waals surface area contributed by atoms with E-state index < -0.39 is 25.7 Å². The van der Waals surface area contributed by atoms with Crippen molar-refractivity contribution < 1.29 is 25.9 Å². The largest absolute Gasteiger partial charge is 0.493 e. The Morgan fingerprint density at radius 3 is 2.29 bits per heavy atom. The van der Waals surface area contributed by atoms with Crippen LogP contribution >= 0.6 is 0 Å². The molecule has 4 rings (SSSR count). The number of rotatable bonds is 9. The van der Waals surface area contributed by atoms with Crippen LogP contribution in [0.5, 0.6) is 5.75 Å². The van der Waals surface area contributed by atoms with E-state index in [-0.39, 0.29) is 39.7 Å². The molecule has 1 aromatic carbocycles. The summed E-state index contributed by atoms with van der Waals surface area (Å²) in [7, 11) is -4.53. The van der Waals surface area contributed by atoms with Gasteiger partial charge in [-0.25, -0.2) is 8.42 Å². The minimum atomic E-state index is -4.11. The van der Waals surface area contributed by atoms with Crippen LogP contribution in [0.25, 0.3) is 22.4 Å². The second-order valence-corrected chi connectivity index (χ2v) is 12.6. The molecule has 1 aliphatic rings. The summed E-state index contributed by atoms with van der Waals surface area (Å²) in [5.74, 6) is 0.0000147. The average molecular weight is 569 g/mol. The van der Waals surface area contributed by atoms with Gasteiger partial charge in [0.05, 0.1) is 29.0 Å². The van der Waals surface area contributed by atoms with Crippen LogP contribution in [0.2, 0.25) is 0 Å². The van der Waals surface area contributed by atoms with Crippen molar-refractivity contribution in [2.45, 2.75) is 31.6 Å². The number of aryl methyl sites for hydroxylation is 2. The Bertz CT molecular complexity index is 1620. The SMILES string of the molecule is CCCc1nn(C)c2c(=O)nc(-c3cc(S(=O)(=O)N4CCN(C)CC4)ccc3OCC)n(OS(C)(=O)=O)c12. The fraction of sp³-hybridized carbons (Fsp3) is 0.522. The molecular weight excluding hydrogens is 536 g/mol. The number of sulfonamides is 1. The summed E-state index contributed by atoms with van der Waals surface area (Å²) in [6.45, 7) is 5.71. The van der Waals surface area contributed by atoms with Crippen molar-refractivity contribution in [2.75, 3.05) is 46.1 Å². The maximum atomic E-state index is 13.5. The van der Waals surface area contributed by atoms with Crippen molar-refractivity contribution in [3.8, 4) is 17.1 Å². The lowest BCUT2D eigenvalue weighted by atomic mass is 10.1. The molecule has 1 aliphatic heterocycles. The molecule has 0 atom stereocenters. The van der Waals surface area contributed by atoms with Crippen molar-refractivity contribution in [2.24, 2.45) is 7.05 Å². The van der Waals surface area contributed by atoms with E-state index in [9.17, 15) is 21.6 Å².